The molecule has 4 atom stereocenters. The van der Waals surface area contributed by atoms with Crippen molar-refractivity contribution in [2.75, 3.05) is 12.4 Å². The highest BCUT2D eigenvalue weighted by molar-refractivity contribution is 5.93. The highest BCUT2D eigenvalue weighted by atomic mass is 16.8. The van der Waals surface area contributed by atoms with Gasteiger partial charge in [-0.25, -0.2) is 4.79 Å². The predicted octanol–water partition coefficient (Wildman–Crippen LogP) is 4.45. The SMILES string of the molecule is C=CCCCC(=O)Nc1cc2ccc(O[C@@H]3OC(C)(C)[C@H](OC)[C@H]4OC(C)(C)O[C@@H]34)c(C)c2oc1=O. The molecule has 1 aromatic heterocycles. The van der Waals surface area contributed by atoms with Crippen LogP contribution in [0.2, 0.25) is 0 Å². The summed E-state index contributed by atoms with van der Waals surface area (Å²) in [5, 5.41) is 3.30. The Kier molecular flexibility index (Phi) is 7.30. The molecule has 4 rings (SSSR count). The number of rotatable bonds is 8. The van der Waals surface area contributed by atoms with Gasteiger partial charge >= 0.3 is 5.63 Å². The number of ether oxygens (including phenoxy) is 5. The van der Waals surface area contributed by atoms with Crippen LogP contribution in [0.3, 0.4) is 0 Å². The fourth-order valence-electron chi connectivity index (χ4n) is 4.87. The highest BCUT2D eigenvalue weighted by Gasteiger charge is 2.59. The van der Waals surface area contributed by atoms with Crippen LogP contribution in [0, 0.1) is 6.92 Å². The quantitative estimate of drug-likeness (QED) is 0.321. The van der Waals surface area contributed by atoms with Crippen LogP contribution >= 0.6 is 0 Å². The van der Waals surface area contributed by atoms with Crippen molar-refractivity contribution in [3.05, 3.63) is 46.8 Å². The van der Waals surface area contributed by atoms with E-state index < -0.39 is 35.5 Å². The van der Waals surface area contributed by atoms with Crippen molar-refractivity contribution in [2.24, 2.45) is 0 Å². The molecule has 2 aromatic rings. The molecular formula is C27H35NO8. The minimum atomic E-state index is -0.824. The Labute approximate surface area is 210 Å². The van der Waals surface area contributed by atoms with E-state index in [0.717, 1.165) is 6.42 Å². The van der Waals surface area contributed by atoms with Crippen LogP contribution in [0.5, 0.6) is 5.75 Å². The Hall–Kier alpha value is -2.72. The summed E-state index contributed by atoms with van der Waals surface area (Å²) in [5.41, 5.74) is -0.248. The van der Waals surface area contributed by atoms with Gasteiger partial charge in [0.05, 0.1) is 5.60 Å². The van der Waals surface area contributed by atoms with Gasteiger partial charge in [0.15, 0.2) is 11.9 Å². The molecule has 1 N–H and O–H groups in total. The van der Waals surface area contributed by atoms with E-state index >= 15 is 0 Å². The zero-order valence-corrected chi connectivity index (χ0v) is 21.7. The summed E-state index contributed by atoms with van der Waals surface area (Å²) in [6.07, 6.45) is 1.37. The summed E-state index contributed by atoms with van der Waals surface area (Å²) in [6, 6.07) is 5.16. The standard InChI is InChI=1S/C27H35NO8/c1-8-9-10-11-19(29)28-17-14-16-12-13-18(15(2)20(16)33-24(17)30)32-25-22-21(34-27(5,6)35-22)23(31-7)26(3,4)36-25/h8,12-14,21-23,25H,1,9-11H2,2-7H3,(H,28,29)/t21-,22+,23+,25+/m0/s1. The number of benzene rings is 1. The smallest absolute Gasteiger partial charge is 0.360 e. The number of fused-ring (bicyclic) bond motifs is 2. The van der Waals surface area contributed by atoms with Gasteiger partial charge < -0.3 is 33.4 Å². The van der Waals surface area contributed by atoms with Gasteiger partial charge in [-0.05, 0) is 65.7 Å². The zero-order valence-electron chi connectivity index (χ0n) is 21.7. The normalized spacial score (nSPS) is 26.4. The summed E-state index contributed by atoms with van der Waals surface area (Å²) in [7, 11) is 1.62. The molecule has 0 bridgehead atoms. The van der Waals surface area contributed by atoms with Crippen molar-refractivity contribution < 1.29 is 32.9 Å². The van der Waals surface area contributed by atoms with Crippen LogP contribution in [0.1, 0.15) is 52.5 Å². The molecule has 2 fully saturated rings. The Morgan fingerprint density at radius 2 is 1.89 bits per heavy atom. The van der Waals surface area contributed by atoms with Crippen molar-refractivity contribution in [3.63, 3.8) is 0 Å². The molecule has 0 radical (unpaired) electrons. The Balaban J connectivity index is 1.59. The van der Waals surface area contributed by atoms with Gasteiger partial charge in [-0.2, -0.15) is 0 Å². The van der Waals surface area contributed by atoms with Gasteiger partial charge in [-0.15, -0.1) is 6.58 Å². The molecule has 2 saturated heterocycles. The van der Waals surface area contributed by atoms with E-state index in [9.17, 15) is 9.59 Å². The maximum atomic E-state index is 12.6. The monoisotopic (exact) mass is 501 g/mol. The van der Waals surface area contributed by atoms with Crippen LogP contribution in [0.25, 0.3) is 11.0 Å². The van der Waals surface area contributed by atoms with Crippen molar-refractivity contribution in [3.8, 4) is 5.75 Å². The molecule has 0 saturated carbocycles. The molecule has 2 aliphatic rings. The first kappa shape index (κ1) is 26.3. The second-order valence-corrected chi connectivity index (χ2v) is 10.2. The third-order valence-corrected chi connectivity index (χ3v) is 6.52. The van der Waals surface area contributed by atoms with Gasteiger partial charge in [0, 0.05) is 24.5 Å². The molecule has 9 heteroatoms. The van der Waals surface area contributed by atoms with Gasteiger partial charge in [-0.1, -0.05) is 6.08 Å². The molecular weight excluding hydrogens is 466 g/mol. The molecule has 36 heavy (non-hydrogen) atoms. The van der Waals surface area contributed by atoms with Crippen molar-refractivity contribution in [1.82, 2.24) is 0 Å². The number of methoxy groups -OCH3 is 1. The van der Waals surface area contributed by atoms with Crippen LogP contribution in [0.4, 0.5) is 5.69 Å². The molecule has 0 unspecified atom stereocenters. The predicted molar refractivity (Wildman–Crippen MR) is 134 cm³/mol. The fourth-order valence-corrected chi connectivity index (χ4v) is 4.87. The minimum absolute atomic E-state index is 0.101. The second-order valence-electron chi connectivity index (χ2n) is 10.2. The van der Waals surface area contributed by atoms with E-state index in [1.54, 1.807) is 38.3 Å². The molecule has 2 aliphatic heterocycles. The number of carbonyl (C=O) groups is 1. The lowest BCUT2D eigenvalue weighted by Crippen LogP contribution is -2.62. The van der Waals surface area contributed by atoms with Crippen LogP contribution < -0.4 is 15.7 Å². The van der Waals surface area contributed by atoms with E-state index in [4.69, 9.17) is 28.1 Å². The fraction of sp³-hybridized carbons (Fsp3) is 0.556. The molecule has 196 valence electrons. The molecule has 0 spiro atoms. The third-order valence-electron chi connectivity index (χ3n) is 6.52. The number of carbonyl (C=O) groups excluding carboxylic acids is 1. The summed E-state index contributed by atoms with van der Waals surface area (Å²) in [5.74, 6) is -0.589. The largest absolute Gasteiger partial charge is 0.462 e. The number of hydrogen-bond donors (Lipinski definition) is 1. The number of hydrogen-bond acceptors (Lipinski definition) is 8. The number of unbranched alkanes of at least 4 members (excludes halogenated alkanes) is 1. The van der Waals surface area contributed by atoms with E-state index in [0.29, 0.717) is 35.1 Å². The summed E-state index contributed by atoms with van der Waals surface area (Å²) >= 11 is 0. The second kappa shape index (κ2) is 9.97. The number of amides is 1. The van der Waals surface area contributed by atoms with E-state index in [1.807, 2.05) is 27.7 Å². The van der Waals surface area contributed by atoms with E-state index in [1.165, 1.54) is 0 Å². The lowest BCUT2D eigenvalue weighted by Gasteiger charge is -2.46. The number of nitrogens with one attached hydrogen (secondary N) is 1. The zero-order chi connectivity index (χ0) is 26.3. The topological polar surface area (TPSA) is 105 Å². The average Bonchev–Trinajstić information content (AvgIpc) is 3.11. The van der Waals surface area contributed by atoms with Gasteiger partial charge in [0.25, 0.3) is 0 Å². The van der Waals surface area contributed by atoms with E-state index in [2.05, 4.69) is 11.9 Å². The average molecular weight is 502 g/mol. The first-order chi connectivity index (χ1) is 17.0. The maximum absolute atomic E-state index is 12.6. The first-order valence-electron chi connectivity index (χ1n) is 12.2. The molecule has 1 aromatic carbocycles. The van der Waals surface area contributed by atoms with Crippen LogP contribution in [-0.4, -0.2) is 49.0 Å². The summed E-state index contributed by atoms with van der Waals surface area (Å²) < 4.78 is 36.1. The Bertz CT molecular complexity index is 1200. The number of aryl methyl sites for hydroxylation is 1. The summed E-state index contributed by atoms with van der Waals surface area (Å²) in [4.78, 5) is 24.8. The Morgan fingerprint density at radius 1 is 1.17 bits per heavy atom. The molecule has 0 aliphatic carbocycles. The summed E-state index contributed by atoms with van der Waals surface area (Å²) in [6.45, 7) is 13.0. The van der Waals surface area contributed by atoms with Crippen LogP contribution in [0.15, 0.2) is 40.1 Å². The molecule has 9 nitrogen and oxygen atoms in total. The molecule has 1 amide bonds. The van der Waals surface area contributed by atoms with Crippen molar-refractivity contribution in [1.29, 1.82) is 0 Å². The van der Waals surface area contributed by atoms with E-state index in [-0.39, 0.29) is 17.7 Å². The minimum Gasteiger partial charge on any atom is -0.462 e. The highest BCUT2D eigenvalue weighted by Crippen LogP contribution is 2.43. The Morgan fingerprint density at radius 3 is 2.58 bits per heavy atom. The maximum Gasteiger partial charge on any atom is 0.360 e. The van der Waals surface area contributed by atoms with Gasteiger partial charge in [0.2, 0.25) is 12.2 Å². The van der Waals surface area contributed by atoms with Gasteiger partial charge in [0.1, 0.15) is 29.2 Å². The van der Waals surface area contributed by atoms with Crippen LogP contribution in [-0.2, 0) is 23.7 Å². The molecule has 3 heterocycles. The number of anilines is 1. The van der Waals surface area contributed by atoms with Crippen molar-refractivity contribution >= 4 is 22.6 Å². The lowest BCUT2D eigenvalue weighted by molar-refractivity contribution is -0.283. The first-order valence-corrected chi connectivity index (χ1v) is 12.2. The third kappa shape index (κ3) is 5.20. The van der Waals surface area contributed by atoms with Gasteiger partial charge in [-0.3, -0.25) is 4.79 Å². The van der Waals surface area contributed by atoms with Crippen molar-refractivity contribution in [2.45, 2.75) is 89.9 Å². The lowest BCUT2D eigenvalue weighted by atomic mass is 9.89. The number of allylic oxidation sites excluding steroid dienone is 1.